The van der Waals surface area contributed by atoms with Gasteiger partial charge in [-0.05, 0) is 31.5 Å². The van der Waals surface area contributed by atoms with Crippen molar-refractivity contribution >= 4 is 21.8 Å². The Bertz CT molecular complexity index is 755. The average Bonchev–Trinajstić information content (AvgIpc) is 3.28. The summed E-state index contributed by atoms with van der Waals surface area (Å²) in [5.74, 6) is -3.79. The monoisotopic (exact) mass is 372 g/mol. The number of ether oxygens (including phenoxy) is 2. The first-order valence-corrected chi connectivity index (χ1v) is 9.80. The maximum Gasteiger partial charge on any atom is 0.325 e. The summed E-state index contributed by atoms with van der Waals surface area (Å²) in [6.07, 6.45) is 0. The van der Waals surface area contributed by atoms with Crippen LogP contribution in [0.4, 0.5) is 4.39 Å². The lowest BCUT2D eigenvalue weighted by molar-refractivity contribution is -0.164. The Labute approximate surface area is 146 Å². The van der Waals surface area contributed by atoms with Crippen LogP contribution in [0.3, 0.4) is 0 Å². The molecule has 1 aromatic carbocycles. The molecule has 0 amide bonds. The molecule has 0 saturated heterocycles. The zero-order valence-electron chi connectivity index (χ0n) is 14.3. The molecular formula is C17H21FO6S. The minimum atomic E-state index is -3.79. The molecule has 0 heterocycles. The van der Waals surface area contributed by atoms with Crippen LogP contribution in [0.2, 0.25) is 0 Å². The molecule has 0 N–H and O–H groups in total. The van der Waals surface area contributed by atoms with E-state index in [1.807, 2.05) is 0 Å². The van der Waals surface area contributed by atoms with E-state index in [0.717, 1.165) is 6.07 Å². The highest BCUT2D eigenvalue weighted by atomic mass is 32.2. The third kappa shape index (κ3) is 3.15. The Balaban J connectivity index is 2.63. The fourth-order valence-corrected chi connectivity index (χ4v) is 5.21. The normalized spacial score (nSPS) is 21.4. The molecule has 1 saturated carbocycles. The number of hydrogen-bond donors (Lipinski definition) is 0. The van der Waals surface area contributed by atoms with Crippen LogP contribution in [0.25, 0.3) is 0 Å². The van der Waals surface area contributed by atoms with Crippen LogP contribution in [0.1, 0.15) is 32.3 Å². The number of carbonyl (C=O) groups is 2. The molecule has 8 heteroatoms. The van der Waals surface area contributed by atoms with Crippen LogP contribution in [-0.2, 0) is 28.9 Å². The summed E-state index contributed by atoms with van der Waals surface area (Å²) in [4.78, 5) is 25.2. The highest BCUT2D eigenvalue weighted by Gasteiger charge is 2.81. The smallest absolute Gasteiger partial charge is 0.325 e. The maximum atomic E-state index is 13.6. The van der Waals surface area contributed by atoms with Gasteiger partial charge >= 0.3 is 11.9 Å². The van der Waals surface area contributed by atoms with E-state index in [1.54, 1.807) is 13.8 Å². The van der Waals surface area contributed by atoms with Gasteiger partial charge in [-0.1, -0.05) is 19.1 Å². The van der Waals surface area contributed by atoms with Gasteiger partial charge in [0.1, 0.15) is 5.82 Å². The zero-order valence-corrected chi connectivity index (χ0v) is 15.1. The first kappa shape index (κ1) is 19.4. The summed E-state index contributed by atoms with van der Waals surface area (Å²) in [6, 6.07) is 5.22. The fraction of sp³-hybridized carbons (Fsp3) is 0.529. The van der Waals surface area contributed by atoms with Gasteiger partial charge in [0, 0.05) is 11.7 Å². The van der Waals surface area contributed by atoms with Crippen molar-refractivity contribution in [2.24, 2.45) is 5.41 Å². The summed E-state index contributed by atoms with van der Waals surface area (Å²) >= 11 is 0. The van der Waals surface area contributed by atoms with Gasteiger partial charge in [0.25, 0.3) is 0 Å². The molecule has 2 atom stereocenters. The molecule has 1 fully saturated rings. The summed E-state index contributed by atoms with van der Waals surface area (Å²) in [7, 11) is -3.79. The molecule has 1 aliphatic carbocycles. The lowest BCUT2D eigenvalue weighted by Crippen LogP contribution is -2.36. The predicted molar refractivity (Wildman–Crippen MR) is 88.1 cm³/mol. The van der Waals surface area contributed by atoms with Gasteiger partial charge in [-0.2, -0.15) is 0 Å². The summed E-state index contributed by atoms with van der Waals surface area (Å²) in [6.45, 7) is 4.50. The molecule has 0 radical (unpaired) electrons. The molecule has 1 aromatic rings. The molecular weight excluding hydrogens is 351 g/mol. The molecule has 0 aromatic heterocycles. The van der Waals surface area contributed by atoms with Crippen molar-refractivity contribution in [3.8, 4) is 0 Å². The average molecular weight is 372 g/mol. The first-order valence-electron chi connectivity index (χ1n) is 8.08. The van der Waals surface area contributed by atoms with Crippen LogP contribution in [-0.4, -0.2) is 44.6 Å². The largest absolute Gasteiger partial charge is 0.465 e. The van der Waals surface area contributed by atoms with E-state index in [2.05, 4.69) is 0 Å². The van der Waals surface area contributed by atoms with E-state index in [4.69, 9.17) is 9.47 Å². The van der Waals surface area contributed by atoms with Gasteiger partial charge in [0.15, 0.2) is 15.3 Å². The molecule has 0 bridgehead atoms. The Hall–Kier alpha value is -1.96. The molecule has 2 unspecified atom stereocenters. The van der Waals surface area contributed by atoms with Crippen molar-refractivity contribution in [3.05, 3.63) is 35.6 Å². The fourth-order valence-electron chi connectivity index (χ4n) is 3.23. The number of benzene rings is 1. The summed E-state index contributed by atoms with van der Waals surface area (Å²) < 4.78 is 48.7. The number of esters is 2. The quantitative estimate of drug-likeness (QED) is 0.536. The van der Waals surface area contributed by atoms with Crippen molar-refractivity contribution in [2.45, 2.75) is 31.9 Å². The number of rotatable bonds is 7. The van der Waals surface area contributed by atoms with E-state index < -0.39 is 44.2 Å². The Kier molecular flexibility index (Phi) is 5.51. The molecule has 2 rings (SSSR count). The summed E-state index contributed by atoms with van der Waals surface area (Å²) in [5.41, 5.74) is -1.74. The van der Waals surface area contributed by atoms with Gasteiger partial charge in [-0.15, -0.1) is 0 Å². The second-order valence-corrected chi connectivity index (χ2v) is 8.13. The predicted octanol–water partition coefficient (Wildman–Crippen LogP) is 1.84. The van der Waals surface area contributed by atoms with Crippen LogP contribution in [0.5, 0.6) is 0 Å². The second kappa shape index (κ2) is 7.11. The van der Waals surface area contributed by atoms with Gasteiger partial charge in [0.2, 0.25) is 0 Å². The van der Waals surface area contributed by atoms with E-state index in [-0.39, 0.29) is 24.5 Å². The number of sulfone groups is 1. The Morgan fingerprint density at radius 2 is 1.68 bits per heavy atom. The molecule has 138 valence electrons. The number of hydrogen-bond acceptors (Lipinski definition) is 6. The molecule has 6 nitrogen and oxygen atoms in total. The highest BCUT2D eigenvalue weighted by Crippen LogP contribution is 2.64. The SMILES string of the molecule is CCOC(=O)C1(C(=O)OCC)C(c2cccc(F)c2)C1S(=O)(=O)CC. The standard InChI is InChI=1S/C17H21FO6S/c1-4-23-15(19)17(16(20)24-5-2)13(14(17)25(21,22)6-3)11-8-7-9-12(18)10-11/h7-10,13-14H,4-6H2,1-3H3. The van der Waals surface area contributed by atoms with Crippen molar-refractivity contribution in [3.63, 3.8) is 0 Å². The van der Waals surface area contributed by atoms with Crippen LogP contribution in [0, 0.1) is 11.2 Å². The van der Waals surface area contributed by atoms with E-state index in [0.29, 0.717) is 0 Å². The molecule has 0 aliphatic heterocycles. The van der Waals surface area contributed by atoms with Crippen LogP contribution < -0.4 is 0 Å². The van der Waals surface area contributed by atoms with Crippen molar-refractivity contribution in [1.82, 2.24) is 0 Å². The van der Waals surface area contributed by atoms with Crippen molar-refractivity contribution in [1.29, 1.82) is 0 Å². The maximum absolute atomic E-state index is 13.6. The van der Waals surface area contributed by atoms with Gasteiger partial charge < -0.3 is 9.47 Å². The van der Waals surface area contributed by atoms with Crippen molar-refractivity contribution in [2.75, 3.05) is 19.0 Å². The minimum absolute atomic E-state index is 0.0191. The van der Waals surface area contributed by atoms with Gasteiger partial charge in [-0.25, -0.2) is 12.8 Å². The zero-order chi connectivity index (χ0) is 18.8. The van der Waals surface area contributed by atoms with Crippen LogP contribution in [0.15, 0.2) is 24.3 Å². The molecule has 0 spiro atoms. The molecule has 25 heavy (non-hydrogen) atoms. The highest BCUT2D eigenvalue weighted by molar-refractivity contribution is 7.92. The van der Waals surface area contributed by atoms with Crippen molar-refractivity contribution < 1.29 is 31.9 Å². The van der Waals surface area contributed by atoms with Gasteiger partial charge in [0.05, 0.1) is 18.5 Å². The third-order valence-electron chi connectivity index (χ3n) is 4.36. The number of halogens is 1. The van der Waals surface area contributed by atoms with E-state index in [1.165, 1.54) is 25.1 Å². The third-order valence-corrected chi connectivity index (χ3v) is 6.58. The van der Waals surface area contributed by atoms with Gasteiger partial charge in [-0.3, -0.25) is 9.59 Å². The topological polar surface area (TPSA) is 86.7 Å². The number of carbonyl (C=O) groups excluding carboxylic acids is 2. The van der Waals surface area contributed by atoms with E-state index >= 15 is 0 Å². The minimum Gasteiger partial charge on any atom is -0.465 e. The Morgan fingerprint density at radius 3 is 2.12 bits per heavy atom. The lowest BCUT2D eigenvalue weighted by Gasteiger charge is -2.15. The van der Waals surface area contributed by atoms with E-state index in [9.17, 15) is 22.4 Å². The Morgan fingerprint density at radius 1 is 1.12 bits per heavy atom. The first-order chi connectivity index (χ1) is 11.8. The summed E-state index contributed by atoms with van der Waals surface area (Å²) in [5, 5.41) is -1.33. The lowest BCUT2D eigenvalue weighted by atomic mass is 9.99. The second-order valence-electron chi connectivity index (χ2n) is 5.71. The van der Waals surface area contributed by atoms with Crippen LogP contribution >= 0.6 is 0 Å². The molecule has 1 aliphatic rings.